The molecule has 61 heavy (non-hydrogen) atoms. The van der Waals surface area contributed by atoms with Gasteiger partial charge >= 0.3 is 0 Å². The lowest BCUT2D eigenvalue weighted by molar-refractivity contribution is 0.668. The fourth-order valence-corrected chi connectivity index (χ4v) is 9.68. The highest BCUT2D eigenvalue weighted by atomic mass is 32.1. The Morgan fingerprint density at radius 3 is 1.49 bits per heavy atom. The molecule has 0 aliphatic carbocycles. The van der Waals surface area contributed by atoms with Crippen LogP contribution in [0.15, 0.2) is 191 Å². The van der Waals surface area contributed by atoms with Gasteiger partial charge in [-0.05, 0) is 82.2 Å². The van der Waals surface area contributed by atoms with E-state index in [0.29, 0.717) is 22.7 Å². The van der Waals surface area contributed by atoms with E-state index in [2.05, 4.69) is 149 Å². The van der Waals surface area contributed by atoms with Gasteiger partial charge in [-0.15, -0.1) is 21.5 Å². The maximum atomic E-state index is 6.36. The van der Waals surface area contributed by atoms with Gasteiger partial charge in [0.1, 0.15) is 38.2 Å². The molecule has 0 fully saturated rings. The Morgan fingerprint density at radius 1 is 0.393 bits per heavy atom. The Morgan fingerprint density at radius 2 is 0.885 bits per heavy atom. The molecule has 8 nitrogen and oxygen atoms in total. The highest BCUT2D eigenvalue weighted by Crippen LogP contribution is 2.43. The number of hydrogen-bond donors (Lipinski definition) is 0. The van der Waals surface area contributed by atoms with Gasteiger partial charge in [-0.3, -0.25) is 9.80 Å². The molecular weight excluding hydrogens is 773 g/mol. The molecule has 0 atom stereocenters. The van der Waals surface area contributed by atoms with Gasteiger partial charge in [0.05, 0.1) is 22.3 Å². The minimum Gasteiger partial charge on any atom is -0.456 e. The van der Waals surface area contributed by atoms with E-state index in [1.807, 2.05) is 42.6 Å². The molecular formula is C52H30N6O2S. The predicted octanol–water partition coefficient (Wildman–Crippen LogP) is 14.7. The van der Waals surface area contributed by atoms with Crippen LogP contribution in [0.2, 0.25) is 0 Å². The Labute approximate surface area is 351 Å². The van der Waals surface area contributed by atoms with Crippen LogP contribution in [-0.4, -0.2) is 20.2 Å². The third-order valence-corrected chi connectivity index (χ3v) is 12.6. The first kappa shape index (κ1) is 33.8. The van der Waals surface area contributed by atoms with Crippen LogP contribution >= 0.6 is 11.3 Å². The molecule has 0 spiro atoms. The summed E-state index contributed by atoms with van der Waals surface area (Å²) in [6, 6.07) is 60.7. The molecule has 13 rings (SSSR count). The quantitative estimate of drug-likeness (QED) is 0.164. The maximum absolute atomic E-state index is 6.36. The summed E-state index contributed by atoms with van der Waals surface area (Å²) in [5.41, 5.74) is 8.45. The lowest BCUT2D eigenvalue weighted by Gasteiger charge is -2.24. The Hall–Kier alpha value is -8.14. The number of fused-ring (bicyclic) bond motifs is 11. The van der Waals surface area contributed by atoms with Crippen LogP contribution in [0.3, 0.4) is 0 Å². The van der Waals surface area contributed by atoms with Crippen LogP contribution in [-0.2, 0) is 0 Å². The third-order valence-electron chi connectivity index (χ3n) is 11.6. The average molecular weight is 803 g/mol. The number of rotatable bonds is 6. The SMILES string of the molecule is c1ccc2cc(N(c3ccc4c(c3)oc3ccccc34)c3cc4sc5nc(N(c6ccc7ccccc7c6)c6ccc7c(c6)oc6ccccc67)cnc5c4nn3)ccc2c1. The molecule has 0 radical (unpaired) electrons. The third kappa shape index (κ3) is 5.45. The van der Waals surface area contributed by atoms with Crippen molar-refractivity contribution in [3.8, 4) is 0 Å². The maximum Gasteiger partial charge on any atom is 0.161 e. The first-order valence-electron chi connectivity index (χ1n) is 20.0. The standard InChI is InChI=1S/C52H30N6O2S/c1-3-11-33-25-35(19-17-31(33)9-1)57(37-21-23-41-39-13-5-7-15-43(39)59-45(41)27-37)48-29-47-50(56-55-48)51-52(61-47)54-49(30-53-51)58(36-20-18-32-10-2-4-12-34(32)26-36)38-22-24-42-40-14-6-8-16-44(40)60-46(42)28-38/h1-30H. The highest BCUT2D eigenvalue weighted by Gasteiger charge is 2.22. The van der Waals surface area contributed by atoms with Gasteiger partial charge in [0, 0.05) is 51.1 Å². The molecule has 0 unspecified atom stereocenters. The number of benzene rings is 8. The Bertz CT molecular complexity index is 3640. The number of furan rings is 2. The summed E-state index contributed by atoms with van der Waals surface area (Å²) in [7, 11) is 0. The topological polar surface area (TPSA) is 84.3 Å². The molecule has 5 aromatic heterocycles. The van der Waals surface area contributed by atoms with Gasteiger partial charge in [-0.1, -0.05) is 97.1 Å². The lowest BCUT2D eigenvalue weighted by Crippen LogP contribution is -2.12. The van der Waals surface area contributed by atoms with E-state index in [1.165, 1.54) is 0 Å². The van der Waals surface area contributed by atoms with E-state index in [0.717, 1.165) is 97.7 Å². The van der Waals surface area contributed by atoms with Crippen molar-refractivity contribution in [2.24, 2.45) is 0 Å². The summed E-state index contributed by atoms with van der Waals surface area (Å²) < 4.78 is 13.6. The number of thiophene rings is 1. The molecule has 0 saturated heterocycles. The van der Waals surface area contributed by atoms with Crippen molar-refractivity contribution < 1.29 is 8.83 Å². The van der Waals surface area contributed by atoms with Gasteiger partial charge in [0.2, 0.25) is 0 Å². The van der Waals surface area contributed by atoms with Crippen molar-refractivity contribution in [3.63, 3.8) is 0 Å². The summed E-state index contributed by atoms with van der Waals surface area (Å²) in [4.78, 5) is 15.4. The summed E-state index contributed by atoms with van der Waals surface area (Å²) in [6.45, 7) is 0. The van der Waals surface area contributed by atoms with E-state index < -0.39 is 0 Å². The number of aromatic nitrogens is 4. The fourth-order valence-electron chi connectivity index (χ4n) is 8.69. The van der Waals surface area contributed by atoms with Crippen LogP contribution < -0.4 is 9.80 Å². The van der Waals surface area contributed by atoms with Crippen molar-refractivity contribution in [1.29, 1.82) is 0 Å². The van der Waals surface area contributed by atoms with Crippen LogP contribution in [0, 0.1) is 0 Å². The van der Waals surface area contributed by atoms with Crippen LogP contribution in [0.1, 0.15) is 0 Å². The molecule has 0 aliphatic rings. The molecule has 0 aliphatic heterocycles. The van der Waals surface area contributed by atoms with Crippen molar-refractivity contribution in [2.75, 3.05) is 9.80 Å². The molecule has 0 saturated carbocycles. The van der Waals surface area contributed by atoms with Gasteiger partial charge in [-0.2, -0.15) is 0 Å². The van der Waals surface area contributed by atoms with E-state index in [-0.39, 0.29) is 0 Å². The minimum absolute atomic E-state index is 0.668. The van der Waals surface area contributed by atoms with E-state index in [4.69, 9.17) is 29.0 Å². The first-order valence-corrected chi connectivity index (χ1v) is 20.8. The molecule has 0 amide bonds. The van der Waals surface area contributed by atoms with E-state index in [1.54, 1.807) is 11.3 Å². The summed E-state index contributed by atoms with van der Waals surface area (Å²) in [5.74, 6) is 1.34. The number of para-hydroxylation sites is 2. The minimum atomic E-state index is 0.668. The molecule has 8 aromatic carbocycles. The Balaban J connectivity index is 0.961. The second-order valence-corrected chi connectivity index (χ2v) is 16.2. The van der Waals surface area contributed by atoms with Crippen LogP contribution in [0.5, 0.6) is 0 Å². The monoisotopic (exact) mass is 802 g/mol. The molecule has 286 valence electrons. The normalized spacial score (nSPS) is 11.9. The van der Waals surface area contributed by atoms with Crippen LogP contribution in [0.25, 0.3) is 86.0 Å². The summed E-state index contributed by atoms with van der Waals surface area (Å²) >= 11 is 1.56. The summed E-state index contributed by atoms with van der Waals surface area (Å²) in [6.07, 6.45) is 1.83. The average Bonchev–Trinajstić information content (AvgIpc) is 3.99. The highest BCUT2D eigenvalue weighted by molar-refractivity contribution is 7.25. The van der Waals surface area contributed by atoms with E-state index in [9.17, 15) is 0 Å². The molecule has 5 heterocycles. The first-order chi connectivity index (χ1) is 30.2. The molecule has 13 aromatic rings. The smallest absolute Gasteiger partial charge is 0.161 e. The number of nitrogens with zero attached hydrogens (tertiary/aromatic N) is 6. The van der Waals surface area contributed by atoms with Crippen molar-refractivity contribution in [1.82, 2.24) is 20.2 Å². The fraction of sp³-hybridized carbons (Fsp3) is 0. The number of hydrogen-bond acceptors (Lipinski definition) is 9. The number of anilines is 6. The summed E-state index contributed by atoms with van der Waals surface area (Å²) in [5, 5.41) is 18.6. The zero-order valence-corrected chi connectivity index (χ0v) is 33.0. The molecule has 0 N–H and O–H groups in total. The van der Waals surface area contributed by atoms with Crippen molar-refractivity contribution in [2.45, 2.75) is 0 Å². The zero-order chi connectivity index (χ0) is 40.0. The lowest BCUT2D eigenvalue weighted by atomic mass is 10.1. The molecule has 0 bridgehead atoms. The largest absolute Gasteiger partial charge is 0.456 e. The zero-order valence-electron chi connectivity index (χ0n) is 32.2. The second kappa shape index (κ2) is 13.2. The van der Waals surface area contributed by atoms with Crippen LogP contribution in [0.4, 0.5) is 34.4 Å². The van der Waals surface area contributed by atoms with Crippen molar-refractivity contribution in [3.05, 3.63) is 182 Å². The van der Waals surface area contributed by atoms with Crippen molar-refractivity contribution >= 4 is 132 Å². The molecule has 9 heteroatoms. The van der Waals surface area contributed by atoms with E-state index >= 15 is 0 Å². The van der Waals surface area contributed by atoms with Gasteiger partial charge in [-0.25, -0.2) is 9.97 Å². The second-order valence-electron chi connectivity index (χ2n) is 15.2. The van der Waals surface area contributed by atoms with Gasteiger partial charge in [0.15, 0.2) is 11.6 Å². The van der Waals surface area contributed by atoms with Gasteiger partial charge < -0.3 is 8.83 Å². The van der Waals surface area contributed by atoms with Gasteiger partial charge in [0.25, 0.3) is 0 Å². The predicted molar refractivity (Wildman–Crippen MR) is 249 cm³/mol. The Kier molecular flexibility index (Phi) is 7.31.